The van der Waals surface area contributed by atoms with Crippen LogP contribution in [-0.2, 0) is 4.79 Å². The minimum absolute atomic E-state index is 0.0231. The number of rotatable bonds is 6. The quantitative estimate of drug-likeness (QED) is 0.536. The summed E-state index contributed by atoms with van der Waals surface area (Å²) in [6, 6.07) is 0. The highest BCUT2D eigenvalue weighted by atomic mass is 16.3. The van der Waals surface area contributed by atoms with Crippen LogP contribution in [0.5, 0.6) is 0 Å². The first-order valence-corrected chi connectivity index (χ1v) is 4.70. The highest BCUT2D eigenvalue weighted by Crippen LogP contribution is 2.10. The number of carbonyl (C=O) groups excluding carboxylic acids is 1. The molecular weight excluding hydrogens is 168 g/mol. The van der Waals surface area contributed by atoms with Crippen LogP contribution < -0.4 is 11.1 Å². The van der Waals surface area contributed by atoms with Gasteiger partial charge in [0.2, 0.25) is 5.91 Å². The molecule has 0 aliphatic rings. The van der Waals surface area contributed by atoms with E-state index < -0.39 is 0 Å². The summed E-state index contributed by atoms with van der Waals surface area (Å²) in [4.78, 5) is 11.4. The highest BCUT2D eigenvalue weighted by Gasteiger charge is 2.17. The Bertz CT molecular complexity index is 149. The molecule has 0 radical (unpaired) electrons. The lowest BCUT2D eigenvalue weighted by Crippen LogP contribution is -2.37. The Kier molecular flexibility index (Phi) is 6.54. The van der Waals surface area contributed by atoms with Crippen LogP contribution in [0.15, 0.2) is 0 Å². The van der Waals surface area contributed by atoms with Crippen LogP contribution in [0.4, 0.5) is 0 Å². The van der Waals surface area contributed by atoms with E-state index in [1.54, 1.807) is 0 Å². The van der Waals surface area contributed by atoms with Crippen LogP contribution in [0.2, 0.25) is 0 Å². The molecule has 4 nitrogen and oxygen atoms in total. The van der Waals surface area contributed by atoms with Crippen molar-refractivity contribution in [3.8, 4) is 0 Å². The van der Waals surface area contributed by atoms with Crippen molar-refractivity contribution < 1.29 is 9.90 Å². The zero-order valence-corrected chi connectivity index (χ0v) is 8.42. The van der Waals surface area contributed by atoms with Crippen LogP contribution in [0.25, 0.3) is 0 Å². The second kappa shape index (κ2) is 6.86. The Morgan fingerprint density at radius 3 is 2.54 bits per heavy atom. The van der Waals surface area contributed by atoms with Crippen LogP contribution >= 0.6 is 0 Å². The van der Waals surface area contributed by atoms with Crippen molar-refractivity contribution in [2.24, 2.45) is 17.6 Å². The van der Waals surface area contributed by atoms with Crippen molar-refractivity contribution in [1.82, 2.24) is 5.32 Å². The van der Waals surface area contributed by atoms with E-state index in [0.29, 0.717) is 19.0 Å². The molecule has 0 rings (SSSR count). The van der Waals surface area contributed by atoms with E-state index in [4.69, 9.17) is 10.8 Å². The van der Waals surface area contributed by atoms with E-state index in [1.165, 1.54) is 0 Å². The SMILES string of the molecule is CC(C)CC(CN)C(=O)NCCO. The number of hydrogen-bond acceptors (Lipinski definition) is 3. The lowest BCUT2D eigenvalue weighted by atomic mass is 9.96. The second-order valence-corrected chi connectivity index (χ2v) is 3.58. The Labute approximate surface area is 79.5 Å². The van der Waals surface area contributed by atoms with Gasteiger partial charge >= 0.3 is 0 Å². The average Bonchev–Trinajstić information content (AvgIpc) is 2.09. The first-order valence-electron chi connectivity index (χ1n) is 4.70. The fourth-order valence-electron chi connectivity index (χ4n) is 1.20. The largest absolute Gasteiger partial charge is 0.395 e. The fraction of sp³-hybridized carbons (Fsp3) is 0.889. The summed E-state index contributed by atoms with van der Waals surface area (Å²) in [5, 5.41) is 11.1. The summed E-state index contributed by atoms with van der Waals surface area (Å²) in [7, 11) is 0. The first-order chi connectivity index (χ1) is 6.11. The van der Waals surface area contributed by atoms with Gasteiger partial charge in [-0.3, -0.25) is 4.79 Å². The zero-order chi connectivity index (χ0) is 10.3. The number of aliphatic hydroxyl groups excluding tert-OH is 1. The van der Waals surface area contributed by atoms with Crippen molar-refractivity contribution in [3.63, 3.8) is 0 Å². The zero-order valence-electron chi connectivity index (χ0n) is 8.42. The van der Waals surface area contributed by atoms with E-state index in [1.807, 2.05) is 0 Å². The maximum absolute atomic E-state index is 11.4. The normalized spacial score (nSPS) is 13.0. The maximum Gasteiger partial charge on any atom is 0.224 e. The number of amides is 1. The molecule has 0 aliphatic heterocycles. The third-order valence-electron chi connectivity index (χ3n) is 1.82. The van der Waals surface area contributed by atoms with E-state index in [9.17, 15) is 4.79 Å². The molecule has 4 N–H and O–H groups in total. The van der Waals surface area contributed by atoms with Gasteiger partial charge in [-0.1, -0.05) is 13.8 Å². The Morgan fingerprint density at radius 1 is 1.54 bits per heavy atom. The number of aliphatic hydroxyl groups is 1. The molecule has 0 aliphatic carbocycles. The molecule has 78 valence electrons. The average molecular weight is 188 g/mol. The molecule has 0 saturated heterocycles. The van der Waals surface area contributed by atoms with Crippen LogP contribution in [0, 0.1) is 11.8 Å². The van der Waals surface area contributed by atoms with Crippen molar-refractivity contribution in [2.75, 3.05) is 19.7 Å². The van der Waals surface area contributed by atoms with Crippen LogP contribution in [0.1, 0.15) is 20.3 Å². The van der Waals surface area contributed by atoms with E-state index in [0.717, 1.165) is 6.42 Å². The van der Waals surface area contributed by atoms with E-state index in [-0.39, 0.29) is 18.4 Å². The number of carbonyl (C=O) groups is 1. The molecule has 0 aromatic carbocycles. The smallest absolute Gasteiger partial charge is 0.224 e. The lowest BCUT2D eigenvalue weighted by molar-refractivity contribution is -0.125. The van der Waals surface area contributed by atoms with Crippen molar-refractivity contribution in [3.05, 3.63) is 0 Å². The number of hydrogen-bond donors (Lipinski definition) is 3. The minimum atomic E-state index is -0.119. The van der Waals surface area contributed by atoms with Gasteiger partial charge in [0.1, 0.15) is 0 Å². The molecule has 1 amide bonds. The van der Waals surface area contributed by atoms with Gasteiger partial charge in [-0.15, -0.1) is 0 Å². The molecule has 0 saturated carbocycles. The topological polar surface area (TPSA) is 75.4 Å². The van der Waals surface area contributed by atoms with E-state index in [2.05, 4.69) is 19.2 Å². The summed E-state index contributed by atoms with van der Waals surface area (Å²) in [6.45, 7) is 4.78. The molecule has 1 atom stereocenters. The maximum atomic E-state index is 11.4. The van der Waals surface area contributed by atoms with Gasteiger partial charge in [-0.2, -0.15) is 0 Å². The van der Waals surface area contributed by atoms with Gasteiger partial charge in [-0.05, 0) is 12.3 Å². The van der Waals surface area contributed by atoms with Crippen LogP contribution in [0.3, 0.4) is 0 Å². The molecule has 1 unspecified atom stereocenters. The van der Waals surface area contributed by atoms with Gasteiger partial charge < -0.3 is 16.2 Å². The van der Waals surface area contributed by atoms with Gasteiger partial charge in [0.25, 0.3) is 0 Å². The van der Waals surface area contributed by atoms with Gasteiger partial charge in [0.15, 0.2) is 0 Å². The molecule has 0 spiro atoms. The molecule has 0 fully saturated rings. The number of nitrogens with two attached hydrogens (primary N) is 1. The molecule has 0 bridgehead atoms. The van der Waals surface area contributed by atoms with Crippen molar-refractivity contribution in [1.29, 1.82) is 0 Å². The standard InChI is InChI=1S/C9H20N2O2/c1-7(2)5-8(6-10)9(13)11-3-4-12/h7-8,12H,3-6,10H2,1-2H3,(H,11,13). The Hall–Kier alpha value is -0.610. The molecule has 0 aromatic heterocycles. The van der Waals surface area contributed by atoms with Crippen molar-refractivity contribution >= 4 is 5.91 Å². The third kappa shape index (κ3) is 5.60. The van der Waals surface area contributed by atoms with Gasteiger partial charge in [0, 0.05) is 13.1 Å². The first kappa shape index (κ1) is 12.4. The summed E-state index contributed by atoms with van der Waals surface area (Å²) in [6.07, 6.45) is 0.799. The summed E-state index contributed by atoms with van der Waals surface area (Å²) >= 11 is 0. The van der Waals surface area contributed by atoms with Gasteiger partial charge in [-0.25, -0.2) is 0 Å². The minimum Gasteiger partial charge on any atom is -0.395 e. The lowest BCUT2D eigenvalue weighted by Gasteiger charge is -2.16. The molecular formula is C9H20N2O2. The summed E-state index contributed by atoms with van der Waals surface area (Å²) in [5.41, 5.74) is 5.47. The molecule has 13 heavy (non-hydrogen) atoms. The summed E-state index contributed by atoms with van der Waals surface area (Å²) in [5.74, 6) is 0.297. The van der Waals surface area contributed by atoms with Crippen LogP contribution in [-0.4, -0.2) is 30.7 Å². The predicted molar refractivity (Wildman–Crippen MR) is 52.1 cm³/mol. The third-order valence-corrected chi connectivity index (χ3v) is 1.82. The molecule has 0 heterocycles. The predicted octanol–water partition coefficient (Wildman–Crippen LogP) is -0.284. The van der Waals surface area contributed by atoms with E-state index >= 15 is 0 Å². The van der Waals surface area contributed by atoms with Gasteiger partial charge in [0.05, 0.1) is 12.5 Å². The fourth-order valence-corrected chi connectivity index (χ4v) is 1.20. The molecule has 4 heteroatoms. The second-order valence-electron chi connectivity index (χ2n) is 3.58. The highest BCUT2D eigenvalue weighted by molar-refractivity contribution is 5.78. The molecule has 0 aromatic rings. The monoisotopic (exact) mass is 188 g/mol. The Morgan fingerprint density at radius 2 is 2.15 bits per heavy atom. The number of nitrogens with one attached hydrogen (secondary N) is 1. The Balaban J connectivity index is 3.85. The van der Waals surface area contributed by atoms with Crippen molar-refractivity contribution in [2.45, 2.75) is 20.3 Å². The summed E-state index contributed by atoms with van der Waals surface area (Å²) < 4.78 is 0.